The van der Waals surface area contributed by atoms with Crippen molar-refractivity contribution >= 4 is 35.8 Å². The van der Waals surface area contributed by atoms with Crippen LogP contribution in [0.3, 0.4) is 0 Å². The van der Waals surface area contributed by atoms with Gasteiger partial charge in [0.05, 0.1) is 5.54 Å². The molecule has 0 bridgehead atoms. The van der Waals surface area contributed by atoms with E-state index < -0.39 is 5.54 Å². The van der Waals surface area contributed by atoms with Gasteiger partial charge in [-0.25, -0.2) is 0 Å². The molecule has 1 unspecified atom stereocenters. The van der Waals surface area contributed by atoms with Crippen LogP contribution in [0.4, 0.5) is 0 Å². The molecule has 2 rings (SSSR count). The SMILES string of the molecule is CCCC(C)(N)C(=O)N1CCN(C(=O)c2cccc(Cl)c2)CC1.Cl. The third-order valence-corrected chi connectivity index (χ3v) is 4.42. The molecule has 1 fully saturated rings. The topological polar surface area (TPSA) is 66.6 Å². The lowest BCUT2D eigenvalue weighted by molar-refractivity contribution is -0.138. The van der Waals surface area contributed by atoms with Crippen molar-refractivity contribution < 1.29 is 9.59 Å². The van der Waals surface area contributed by atoms with Crippen LogP contribution in [-0.4, -0.2) is 53.3 Å². The van der Waals surface area contributed by atoms with E-state index in [0.29, 0.717) is 43.2 Å². The molecule has 0 saturated carbocycles. The van der Waals surface area contributed by atoms with Gasteiger partial charge in [-0.05, 0) is 31.5 Å². The average molecular weight is 374 g/mol. The summed E-state index contributed by atoms with van der Waals surface area (Å²) in [7, 11) is 0. The van der Waals surface area contributed by atoms with Crippen molar-refractivity contribution in [2.75, 3.05) is 26.2 Å². The third kappa shape index (κ3) is 4.85. The van der Waals surface area contributed by atoms with E-state index in [0.717, 1.165) is 6.42 Å². The molecule has 0 spiro atoms. The molecule has 1 aliphatic heterocycles. The molecule has 0 radical (unpaired) electrons. The van der Waals surface area contributed by atoms with Gasteiger partial charge in [0.25, 0.3) is 5.91 Å². The first-order chi connectivity index (χ1) is 10.8. The molecule has 1 atom stereocenters. The number of nitrogens with zero attached hydrogens (tertiary/aromatic N) is 2. The number of carbonyl (C=O) groups is 2. The quantitative estimate of drug-likeness (QED) is 0.881. The number of hydrogen-bond acceptors (Lipinski definition) is 3. The van der Waals surface area contributed by atoms with Crippen LogP contribution in [-0.2, 0) is 4.79 Å². The second-order valence-electron chi connectivity index (χ2n) is 6.26. The highest BCUT2D eigenvalue weighted by Gasteiger charge is 2.34. The lowest BCUT2D eigenvalue weighted by Gasteiger charge is -2.38. The van der Waals surface area contributed by atoms with Crippen LogP contribution in [0, 0.1) is 0 Å². The number of carbonyl (C=O) groups excluding carboxylic acids is 2. The van der Waals surface area contributed by atoms with Crippen LogP contribution in [0.5, 0.6) is 0 Å². The molecular formula is C17H25Cl2N3O2. The van der Waals surface area contributed by atoms with Gasteiger partial charge in [0, 0.05) is 36.8 Å². The fraction of sp³-hybridized carbons (Fsp3) is 0.529. The van der Waals surface area contributed by atoms with Crippen molar-refractivity contribution in [2.45, 2.75) is 32.2 Å². The minimum atomic E-state index is -0.826. The van der Waals surface area contributed by atoms with E-state index in [4.69, 9.17) is 17.3 Å². The highest BCUT2D eigenvalue weighted by atomic mass is 35.5. The number of rotatable bonds is 4. The number of hydrogen-bond donors (Lipinski definition) is 1. The standard InChI is InChI=1S/C17H24ClN3O2.ClH/c1-3-7-17(2,19)16(23)21-10-8-20(9-11-21)15(22)13-5-4-6-14(18)12-13;/h4-6,12H,3,7-11,19H2,1-2H3;1H. The van der Waals surface area contributed by atoms with Gasteiger partial charge in [0.2, 0.25) is 5.91 Å². The maximum atomic E-state index is 12.5. The molecule has 1 saturated heterocycles. The Morgan fingerprint density at radius 3 is 2.33 bits per heavy atom. The molecule has 5 nitrogen and oxygen atoms in total. The number of piperazine rings is 1. The van der Waals surface area contributed by atoms with E-state index in [9.17, 15) is 9.59 Å². The molecule has 7 heteroatoms. The molecule has 0 aliphatic carbocycles. The van der Waals surface area contributed by atoms with Crippen molar-refractivity contribution in [1.82, 2.24) is 9.80 Å². The number of benzene rings is 1. The molecule has 1 heterocycles. The van der Waals surface area contributed by atoms with Gasteiger partial charge in [0.1, 0.15) is 0 Å². The summed E-state index contributed by atoms with van der Waals surface area (Å²) in [5.41, 5.74) is 5.87. The number of halogens is 2. The largest absolute Gasteiger partial charge is 0.338 e. The summed E-state index contributed by atoms with van der Waals surface area (Å²) in [6, 6.07) is 6.92. The van der Waals surface area contributed by atoms with Crippen LogP contribution in [0.1, 0.15) is 37.0 Å². The van der Waals surface area contributed by atoms with Crippen LogP contribution < -0.4 is 5.73 Å². The highest BCUT2D eigenvalue weighted by Crippen LogP contribution is 2.17. The predicted molar refractivity (Wildman–Crippen MR) is 98.7 cm³/mol. The summed E-state index contributed by atoms with van der Waals surface area (Å²) in [6.07, 6.45) is 1.53. The first-order valence-corrected chi connectivity index (χ1v) is 8.36. The van der Waals surface area contributed by atoms with Crippen LogP contribution in [0.25, 0.3) is 0 Å². The average Bonchev–Trinajstić information content (AvgIpc) is 2.53. The summed E-state index contributed by atoms with van der Waals surface area (Å²) < 4.78 is 0. The van der Waals surface area contributed by atoms with Crippen molar-refractivity contribution in [3.8, 4) is 0 Å². The molecule has 1 aliphatic rings. The van der Waals surface area contributed by atoms with E-state index in [-0.39, 0.29) is 24.2 Å². The zero-order valence-corrected chi connectivity index (χ0v) is 15.7. The van der Waals surface area contributed by atoms with Gasteiger partial charge in [0.15, 0.2) is 0 Å². The highest BCUT2D eigenvalue weighted by molar-refractivity contribution is 6.30. The lowest BCUT2D eigenvalue weighted by atomic mass is 9.95. The Labute approximate surface area is 154 Å². The second-order valence-corrected chi connectivity index (χ2v) is 6.70. The van der Waals surface area contributed by atoms with E-state index in [1.165, 1.54) is 0 Å². The first-order valence-electron chi connectivity index (χ1n) is 7.98. The van der Waals surface area contributed by atoms with E-state index >= 15 is 0 Å². The van der Waals surface area contributed by atoms with E-state index in [2.05, 4.69) is 0 Å². The Hall–Kier alpha value is -1.30. The van der Waals surface area contributed by atoms with Gasteiger partial charge in [-0.1, -0.05) is 31.0 Å². The summed E-state index contributed by atoms with van der Waals surface area (Å²) >= 11 is 5.93. The Bertz CT molecular complexity index is 585. The summed E-state index contributed by atoms with van der Waals surface area (Å²) in [5, 5.41) is 0.545. The van der Waals surface area contributed by atoms with Gasteiger partial charge in [-0.2, -0.15) is 0 Å². The molecule has 2 amide bonds. The van der Waals surface area contributed by atoms with Gasteiger partial charge in [-0.15, -0.1) is 12.4 Å². The van der Waals surface area contributed by atoms with Gasteiger partial charge < -0.3 is 15.5 Å². The van der Waals surface area contributed by atoms with Gasteiger partial charge in [-0.3, -0.25) is 9.59 Å². The molecule has 0 aromatic heterocycles. The fourth-order valence-electron chi connectivity index (χ4n) is 2.90. The Morgan fingerprint density at radius 2 is 1.79 bits per heavy atom. The van der Waals surface area contributed by atoms with Crippen molar-refractivity contribution in [3.05, 3.63) is 34.9 Å². The molecule has 2 N–H and O–H groups in total. The Kier molecular flexibility index (Phi) is 7.52. The van der Waals surface area contributed by atoms with Crippen molar-refractivity contribution in [1.29, 1.82) is 0 Å². The fourth-order valence-corrected chi connectivity index (χ4v) is 3.09. The maximum Gasteiger partial charge on any atom is 0.254 e. The number of nitrogens with two attached hydrogens (primary N) is 1. The molecule has 24 heavy (non-hydrogen) atoms. The smallest absolute Gasteiger partial charge is 0.254 e. The zero-order valence-electron chi connectivity index (χ0n) is 14.1. The Morgan fingerprint density at radius 1 is 1.21 bits per heavy atom. The maximum absolute atomic E-state index is 12.5. The summed E-state index contributed by atoms with van der Waals surface area (Å²) in [4.78, 5) is 28.5. The lowest BCUT2D eigenvalue weighted by Crippen LogP contribution is -2.58. The normalized spacial score (nSPS) is 17.0. The molecular weight excluding hydrogens is 349 g/mol. The van der Waals surface area contributed by atoms with Crippen molar-refractivity contribution in [2.24, 2.45) is 5.73 Å². The predicted octanol–water partition coefficient (Wildman–Crippen LogP) is 2.56. The second kappa shape index (κ2) is 8.70. The monoisotopic (exact) mass is 373 g/mol. The number of amides is 2. The molecule has 134 valence electrons. The van der Waals surface area contributed by atoms with Crippen molar-refractivity contribution in [3.63, 3.8) is 0 Å². The van der Waals surface area contributed by atoms with Gasteiger partial charge >= 0.3 is 0 Å². The van der Waals surface area contributed by atoms with Crippen LogP contribution in [0.15, 0.2) is 24.3 Å². The molecule has 1 aromatic carbocycles. The van der Waals surface area contributed by atoms with Crippen LogP contribution in [0.2, 0.25) is 5.02 Å². The Balaban J connectivity index is 0.00000288. The van der Waals surface area contributed by atoms with Crippen LogP contribution >= 0.6 is 24.0 Å². The summed E-state index contributed by atoms with van der Waals surface area (Å²) in [6.45, 7) is 5.85. The first kappa shape index (κ1) is 20.7. The molecule has 1 aromatic rings. The minimum Gasteiger partial charge on any atom is -0.338 e. The van der Waals surface area contributed by atoms with E-state index in [1.807, 2.05) is 6.92 Å². The third-order valence-electron chi connectivity index (χ3n) is 4.18. The summed E-state index contributed by atoms with van der Waals surface area (Å²) in [5.74, 6) is -0.0853. The zero-order chi connectivity index (χ0) is 17.0. The van der Waals surface area contributed by atoms with E-state index in [1.54, 1.807) is 41.0 Å². The minimum absolute atomic E-state index is 0.